The van der Waals surface area contributed by atoms with E-state index in [9.17, 15) is 14.9 Å². The third-order valence-electron chi connectivity index (χ3n) is 6.34. The Balaban J connectivity index is 1.55. The molecule has 1 aliphatic rings. The number of aromatic nitrogens is 1. The molecular formula is C29H30ClN3O4. The number of carbonyl (C=O) groups is 1. The van der Waals surface area contributed by atoms with E-state index in [0.29, 0.717) is 41.0 Å². The molecule has 1 aliphatic heterocycles. The minimum Gasteiger partial charge on any atom is -0.454 e. The first-order valence-electron chi connectivity index (χ1n) is 12.1. The molecule has 0 unspecified atom stereocenters. The Kier molecular flexibility index (Phi) is 7.18. The van der Waals surface area contributed by atoms with Crippen molar-refractivity contribution in [3.63, 3.8) is 0 Å². The van der Waals surface area contributed by atoms with Crippen molar-refractivity contribution in [3.8, 4) is 28.7 Å². The number of H-pyrrole nitrogens is 1. The Labute approximate surface area is 221 Å². The number of ether oxygens (including phenoxy) is 2. The lowest BCUT2D eigenvalue weighted by Crippen LogP contribution is -2.52. The normalized spacial score (nSPS) is 16.6. The van der Waals surface area contributed by atoms with Gasteiger partial charge in [0, 0.05) is 35.0 Å². The molecule has 4 rings (SSSR count). The zero-order chi connectivity index (χ0) is 27.0. The summed E-state index contributed by atoms with van der Waals surface area (Å²) >= 11 is 6.50. The van der Waals surface area contributed by atoms with E-state index in [0.717, 1.165) is 11.1 Å². The second kappa shape index (κ2) is 10.0. The van der Waals surface area contributed by atoms with Crippen LogP contribution in [0.3, 0.4) is 0 Å². The summed E-state index contributed by atoms with van der Waals surface area (Å²) in [5.41, 5.74) is 1.92. The molecule has 2 aromatic carbocycles. The zero-order valence-electron chi connectivity index (χ0n) is 21.6. The first kappa shape index (κ1) is 26.5. The summed E-state index contributed by atoms with van der Waals surface area (Å²) < 4.78 is 12.1. The van der Waals surface area contributed by atoms with Crippen LogP contribution in [0.4, 0.5) is 0 Å². The van der Waals surface area contributed by atoms with Crippen LogP contribution >= 0.6 is 11.6 Å². The van der Waals surface area contributed by atoms with Gasteiger partial charge in [-0.05, 0) is 77.3 Å². The number of amides is 1. The van der Waals surface area contributed by atoms with Gasteiger partial charge in [-0.3, -0.25) is 9.59 Å². The first-order valence-corrected chi connectivity index (χ1v) is 12.5. The topological polar surface area (TPSA) is 104 Å². The molecule has 2 N–H and O–H groups in total. The fraction of sp³-hybridized carbons (Fsp3) is 0.345. The van der Waals surface area contributed by atoms with Crippen LogP contribution in [-0.2, 0) is 4.74 Å². The Morgan fingerprint density at radius 2 is 1.81 bits per heavy atom. The van der Waals surface area contributed by atoms with E-state index in [1.165, 1.54) is 6.07 Å². The number of hydrogen-bond acceptors (Lipinski definition) is 5. The standard InChI is InChI=1S/C29H30ClN3O4/c1-17-11-26(34)32-16-22(17)20-7-6-8-24(21(20)15-31)36-25-10-9-18(12-23(25)30)27(35)33-19-13-28(2,3)37-29(4,5)14-19/h6-12,16,19H,13-14H2,1-5H3,(H,32,34)(H,33,35). The molecule has 0 bridgehead atoms. The quantitative estimate of drug-likeness (QED) is 0.421. The Bertz CT molecular complexity index is 1440. The minimum atomic E-state index is -0.338. The van der Waals surface area contributed by atoms with Gasteiger partial charge >= 0.3 is 0 Å². The van der Waals surface area contributed by atoms with Gasteiger partial charge < -0.3 is 19.8 Å². The van der Waals surface area contributed by atoms with Crippen molar-refractivity contribution in [2.45, 2.75) is 64.7 Å². The number of halogens is 1. The minimum absolute atomic E-state index is 0.0294. The maximum atomic E-state index is 13.0. The number of benzene rings is 2. The zero-order valence-corrected chi connectivity index (χ0v) is 22.3. The predicted octanol–water partition coefficient (Wildman–Crippen LogP) is 6.13. The highest BCUT2D eigenvalue weighted by Gasteiger charge is 2.39. The van der Waals surface area contributed by atoms with Crippen LogP contribution in [0.15, 0.2) is 53.5 Å². The average Bonchev–Trinajstić information content (AvgIpc) is 2.78. The van der Waals surface area contributed by atoms with Crippen LogP contribution in [0, 0.1) is 18.3 Å². The molecule has 1 amide bonds. The number of nitrogens with one attached hydrogen (secondary N) is 2. The van der Waals surface area contributed by atoms with E-state index in [1.54, 1.807) is 42.6 Å². The molecule has 0 saturated carbocycles. The van der Waals surface area contributed by atoms with Gasteiger partial charge in [-0.2, -0.15) is 5.26 Å². The second-order valence-electron chi connectivity index (χ2n) is 10.6. The maximum Gasteiger partial charge on any atom is 0.251 e. The fourth-order valence-electron chi connectivity index (χ4n) is 5.12. The van der Waals surface area contributed by atoms with Crippen molar-refractivity contribution in [1.29, 1.82) is 5.26 Å². The van der Waals surface area contributed by atoms with Crippen LogP contribution in [0.1, 0.15) is 62.0 Å². The van der Waals surface area contributed by atoms with Gasteiger partial charge in [-0.25, -0.2) is 0 Å². The highest BCUT2D eigenvalue weighted by molar-refractivity contribution is 6.32. The van der Waals surface area contributed by atoms with E-state index in [-0.39, 0.29) is 33.7 Å². The van der Waals surface area contributed by atoms with Crippen LogP contribution in [-0.4, -0.2) is 28.1 Å². The number of carbonyl (C=O) groups excluding carboxylic acids is 1. The lowest BCUT2D eigenvalue weighted by Gasteiger charge is -2.45. The molecule has 1 saturated heterocycles. The molecule has 1 aromatic heterocycles. The summed E-state index contributed by atoms with van der Waals surface area (Å²) in [4.78, 5) is 27.3. The molecule has 0 aliphatic carbocycles. The predicted molar refractivity (Wildman–Crippen MR) is 143 cm³/mol. The van der Waals surface area contributed by atoms with Crippen LogP contribution in [0.25, 0.3) is 11.1 Å². The summed E-state index contributed by atoms with van der Waals surface area (Å²) in [6, 6.07) is 13.7. The highest BCUT2D eigenvalue weighted by atomic mass is 35.5. The van der Waals surface area contributed by atoms with Gasteiger partial charge in [0.05, 0.1) is 16.2 Å². The average molecular weight is 520 g/mol. The third-order valence-corrected chi connectivity index (χ3v) is 6.63. The van der Waals surface area contributed by atoms with Gasteiger partial charge in [0.15, 0.2) is 0 Å². The van der Waals surface area contributed by atoms with E-state index in [2.05, 4.69) is 16.4 Å². The summed E-state index contributed by atoms with van der Waals surface area (Å²) in [5, 5.41) is 13.3. The smallest absolute Gasteiger partial charge is 0.251 e. The largest absolute Gasteiger partial charge is 0.454 e. The van der Waals surface area contributed by atoms with Crippen molar-refractivity contribution in [2.24, 2.45) is 0 Å². The van der Waals surface area contributed by atoms with Crippen LogP contribution in [0.5, 0.6) is 11.5 Å². The second-order valence-corrected chi connectivity index (χ2v) is 11.0. The molecular weight excluding hydrogens is 490 g/mol. The molecule has 1 fully saturated rings. The molecule has 0 spiro atoms. The van der Waals surface area contributed by atoms with Gasteiger partial charge in [0.25, 0.3) is 5.91 Å². The number of aromatic amines is 1. The molecule has 37 heavy (non-hydrogen) atoms. The van der Waals surface area contributed by atoms with Crippen molar-refractivity contribution >= 4 is 17.5 Å². The van der Waals surface area contributed by atoms with E-state index in [1.807, 2.05) is 34.6 Å². The van der Waals surface area contributed by atoms with Crippen molar-refractivity contribution in [2.75, 3.05) is 0 Å². The summed E-state index contributed by atoms with van der Waals surface area (Å²) in [6.07, 6.45) is 3.00. The number of nitriles is 1. The van der Waals surface area contributed by atoms with Gasteiger partial charge in [0.1, 0.15) is 23.1 Å². The van der Waals surface area contributed by atoms with Crippen molar-refractivity contribution in [3.05, 3.63) is 80.7 Å². The lowest BCUT2D eigenvalue weighted by molar-refractivity contribution is -0.162. The molecule has 3 aromatic rings. The summed E-state index contributed by atoms with van der Waals surface area (Å²) in [6.45, 7) is 9.91. The Hall–Kier alpha value is -3.60. The number of hydrogen-bond donors (Lipinski definition) is 2. The van der Waals surface area contributed by atoms with Crippen molar-refractivity contribution in [1.82, 2.24) is 10.3 Å². The van der Waals surface area contributed by atoms with Crippen molar-refractivity contribution < 1.29 is 14.3 Å². The number of nitrogens with zero attached hydrogens (tertiary/aromatic N) is 1. The summed E-state index contributed by atoms with van der Waals surface area (Å²) in [5.74, 6) is 0.412. The SMILES string of the molecule is Cc1cc(=O)[nH]cc1-c1cccc(Oc2ccc(C(=O)NC3CC(C)(C)OC(C)(C)C3)cc2Cl)c1C#N. The lowest BCUT2D eigenvalue weighted by atomic mass is 9.85. The van der Waals surface area contributed by atoms with Gasteiger partial charge in [-0.15, -0.1) is 0 Å². The van der Waals surface area contributed by atoms with Crippen LogP contribution in [0.2, 0.25) is 5.02 Å². The molecule has 8 heteroatoms. The molecule has 192 valence electrons. The van der Waals surface area contributed by atoms with Gasteiger partial charge in [0.2, 0.25) is 5.56 Å². The van der Waals surface area contributed by atoms with Crippen LogP contribution < -0.4 is 15.6 Å². The number of pyridine rings is 1. The molecule has 7 nitrogen and oxygen atoms in total. The van der Waals surface area contributed by atoms with Gasteiger partial charge in [-0.1, -0.05) is 23.7 Å². The molecule has 0 atom stereocenters. The number of aryl methyl sites for hydroxylation is 1. The fourth-order valence-corrected chi connectivity index (χ4v) is 5.34. The molecule has 2 heterocycles. The highest BCUT2D eigenvalue weighted by Crippen LogP contribution is 2.37. The number of rotatable bonds is 5. The Morgan fingerprint density at radius 1 is 1.11 bits per heavy atom. The van der Waals surface area contributed by atoms with E-state index in [4.69, 9.17) is 21.1 Å². The van der Waals surface area contributed by atoms with E-state index >= 15 is 0 Å². The monoisotopic (exact) mass is 519 g/mol. The first-order chi connectivity index (χ1) is 17.4. The maximum absolute atomic E-state index is 13.0. The Morgan fingerprint density at radius 3 is 2.43 bits per heavy atom. The molecule has 0 radical (unpaired) electrons. The van der Waals surface area contributed by atoms with E-state index < -0.39 is 0 Å². The third kappa shape index (κ3) is 6.04. The summed E-state index contributed by atoms with van der Waals surface area (Å²) in [7, 11) is 0.